The first-order valence-electron chi connectivity index (χ1n) is 7.66. The monoisotopic (exact) mass is 299 g/mol. The van der Waals surface area contributed by atoms with Gasteiger partial charge in [0.05, 0.1) is 11.7 Å². The van der Waals surface area contributed by atoms with Gasteiger partial charge in [-0.05, 0) is 51.4 Å². The van der Waals surface area contributed by atoms with Crippen LogP contribution >= 0.6 is 0 Å². The zero-order valence-corrected chi connectivity index (χ0v) is 13.0. The molecule has 3 rings (SSSR count). The van der Waals surface area contributed by atoms with Gasteiger partial charge >= 0.3 is 0 Å². The Labute approximate surface area is 129 Å². The minimum absolute atomic E-state index is 0.202. The van der Waals surface area contributed by atoms with Gasteiger partial charge in [0.1, 0.15) is 0 Å². The maximum absolute atomic E-state index is 12.4. The van der Waals surface area contributed by atoms with E-state index in [1.54, 1.807) is 0 Å². The van der Waals surface area contributed by atoms with E-state index < -0.39 is 0 Å². The van der Waals surface area contributed by atoms with Crippen molar-refractivity contribution in [2.45, 2.75) is 32.7 Å². The van der Waals surface area contributed by atoms with Gasteiger partial charge < -0.3 is 10.6 Å². The largest absolute Gasteiger partial charge is 0.320 e. The lowest BCUT2D eigenvalue weighted by Gasteiger charge is -2.23. The molecule has 1 fully saturated rings. The first kappa shape index (κ1) is 14.7. The predicted octanol–water partition coefficient (Wildman–Crippen LogP) is 2.07. The van der Waals surface area contributed by atoms with Crippen molar-refractivity contribution in [1.82, 2.24) is 20.3 Å². The number of para-hydroxylation sites is 1. The molecule has 1 aromatic heterocycles. The van der Waals surface area contributed by atoms with Gasteiger partial charge in [0.2, 0.25) is 0 Å². The third kappa shape index (κ3) is 2.87. The second-order valence-corrected chi connectivity index (χ2v) is 5.72. The highest BCUT2D eigenvalue weighted by Gasteiger charge is 2.23. The molecule has 0 unspecified atom stereocenters. The van der Waals surface area contributed by atoms with Crippen LogP contribution in [0, 0.1) is 13.8 Å². The number of piperidine rings is 1. The summed E-state index contributed by atoms with van der Waals surface area (Å²) in [6.07, 6.45) is 2.03. The van der Waals surface area contributed by atoms with Gasteiger partial charge in [-0.2, -0.15) is 0 Å². The Bertz CT molecular complexity index is 673. The number of rotatable bonds is 3. The SMILES string of the molecule is Cc1ccccc1NC(=O)c1nnn(C2CCNCC2)c1C. The summed E-state index contributed by atoms with van der Waals surface area (Å²) in [6, 6.07) is 8.04. The van der Waals surface area contributed by atoms with Crippen LogP contribution < -0.4 is 10.6 Å². The summed E-state index contributed by atoms with van der Waals surface area (Å²) in [7, 11) is 0. The Morgan fingerprint density at radius 2 is 2.00 bits per heavy atom. The molecule has 2 aromatic rings. The standard InChI is InChI=1S/C16H21N5O/c1-11-5-3-4-6-14(11)18-16(22)15-12(2)21(20-19-15)13-7-9-17-10-8-13/h3-6,13,17H,7-10H2,1-2H3,(H,18,22). The van der Waals surface area contributed by atoms with E-state index in [9.17, 15) is 4.79 Å². The van der Waals surface area contributed by atoms with Crippen molar-refractivity contribution in [3.05, 3.63) is 41.2 Å². The molecule has 6 nitrogen and oxygen atoms in total. The van der Waals surface area contributed by atoms with E-state index >= 15 is 0 Å². The van der Waals surface area contributed by atoms with Crippen LogP contribution in [0.15, 0.2) is 24.3 Å². The van der Waals surface area contributed by atoms with Crippen molar-refractivity contribution >= 4 is 11.6 Å². The summed E-state index contributed by atoms with van der Waals surface area (Å²) in [5.74, 6) is -0.202. The van der Waals surface area contributed by atoms with Gasteiger partial charge in [0, 0.05) is 5.69 Å². The highest BCUT2D eigenvalue weighted by atomic mass is 16.2. The molecule has 1 aliphatic rings. The topological polar surface area (TPSA) is 71.8 Å². The molecule has 0 spiro atoms. The van der Waals surface area contributed by atoms with Crippen molar-refractivity contribution < 1.29 is 4.79 Å². The smallest absolute Gasteiger partial charge is 0.278 e. The maximum atomic E-state index is 12.4. The molecule has 1 aromatic carbocycles. The van der Waals surface area contributed by atoms with Gasteiger partial charge in [-0.3, -0.25) is 4.79 Å². The summed E-state index contributed by atoms with van der Waals surface area (Å²) < 4.78 is 1.90. The minimum Gasteiger partial charge on any atom is -0.320 e. The molecule has 2 heterocycles. The molecule has 2 N–H and O–H groups in total. The van der Waals surface area contributed by atoms with E-state index in [-0.39, 0.29) is 5.91 Å². The zero-order chi connectivity index (χ0) is 15.5. The molecule has 22 heavy (non-hydrogen) atoms. The molecular formula is C16H21N5O. The number of carbonyl (C=O) groups is 1. The van der Waals surface area contributed by atoms with Crippen LogP contribution in [0.25, 0.3) is 0 Å². The molecule has 116 valence electrons. The van der Waals surface area contributed by atoms with Gasteiger partial charge in [0.25, 0.3) is 5.91 Å². The molecular weight excluding hydrogens is 278 g/mol. The van der Waals surface area contributed by atoms with E-state index in [0.29, 0.717) is 11.7 Å². The van der Waals surface area contributed by atoms with Crippen LogP contribution in [-0.4, -0.2) is 34.0 Å². The van der Waals surface area contributed by atoms with Crippen molar-refractivity contribution in [2.75, 3.05) is 18.4 Å². The van der Waals surface area contributed by atoms with E-state index in [0.717, 1.165) is 42.9 Å². The molecule has 0 atom stereocenters. The van der Waals surface area contributed by atoms with E-state index in [4.69, 9.17) is 0 Å². The first-order valence-corrected chi connectivity index (χ1v) is 7.66. The third-order valence-corrected chi connectivity index (χ3v) is 4.19. The normalized spacial score (nSPS) is 15.7. The lowest BCUT2D eigenvalue weighted by atomic mass is 10.1. The van der Waals surface area contributed by atoms with E-state index in [1.165, 1.54) is 0 Å². The van der Waals surface area contributed by atoms with Crippen LogP contribution in [0.3, 0.4) is 0 Å². The van der Waals surface area contributed by atoms with Crippen LogP contribution in [0.2, 0.25) is 0 Å². The third-order valence-electron chi connectivity index (χ3n) is 4.19. The number of hydrogen-bond donors (Lipinski definition) is 2. The summed E-state index contributed by atoms with van der Waals surface area (Å²) >= 11 is 0. The van der Waals surface area contributed by atoms with Crippen LogP contribution in [0.1, 0.15) is 40.6 Å². The molecule has 1 saturated heterocycles. The quantitative estimate of drug-likeness (QED) is 0.910. The van der Waals surface area contributed by atoms with Crippen molar-refractivity contribution in [3.8, 4) is 0 Å². The van der Waals surface area contributed by atoms with Crippen LogP contribution in [0.5, 0.6) is 0 Å². The fourth-order valence-corrected chi connectivity index (χ4v) is 2.84. The van der Waals surface area contributed by atoms with Crippen LogP contribution in [-0.2, 0) is 0 Å². The Kier molecular flexibility index (Phi) is 4.20. The Morgan fingerprint density at radius 3 is 2.73 bits per heavy atom. The average molecular weight is 299 g/mol. The van der Waals surface area contributed by atoms with Gasteiger partial charge in [0.15, 0.2) is 5.69 Å². The molecule has 6 heteroatoms. The fourth-order valence-electron chi connectivity index (χ4n) is 2.84. The van der Waals surface area contributed by atoms with Crippen LogP contribution in [0.4, 0.5) is 5.69 Å². The summed E-state index contributed by atoms with van der Waals surface area (Å²) in [5, 5.41) is 14.5. The van der Waals surface area contributed by atoms with Crippen molar-refractivity contribution in [1.29, 1.82) is 0 Å². The minimum atomic E-state index is -0.202. The number of nitrogens with zero attached hydrogens (tertiary/aromatic N) is 3. The number of aryl methyl sites for hydroxylation is 1. The second kappa shape index (κ2) is 6.27. The molecule has 0 bridgehead atoms. The van der Waals surface area contributed by atoms with E-state index in [2.05, 4.69) is 20.9 Å². The average Bonchev–Trinajstić information content (AvgIpc) is 2.92. The van der Waals surface area contributed by atoms with Gasteiger partial charge in [-0.25, -0.2) is 4.68 Å². The number of aromatic nitrogens is 3. The van der Waals surface area contributed by atoms with Crippen molar-refractivity contribution in [2.24, 2.45) is 0 Å². The number of anilines is 1. The molecule has 0 aliphatic carbocycles. The molecule has 0 saturated carbocycles. The Morgan fingerprint density at radius 1 is 1.27 bits per heavy atom. The number of amides is 1. The van der Waals surface area contributed by atoms with Gasteiger partial charge in [-0.1, -0.05) is 23.4 Å². The highest BCUT2D eigenvalue weighted by Crippen LogP contribution is 2.21. The fraction of sp³-hybridized carbons (Fsp3) is 0.438. The summed E-state index contributed by atoms with van der Waals surface area (Å²) in [5.41, 5.74) is 3.07. The number of hydrogen-bond acceptors (Lipinski definition) is 4. The summed E-state index contributed by atoms with van der Waals surface area (Å²) in [4.78, 5) is 12.4. The Balaban J connectivity index is 1.79. The lowest BCUT2D eigenvalue weighted by Crippen LogP contribution is -2.30. The zero-order valence-electron chi connectivity index (χ0n) is 13.0. The maximum Gasteiger partial charge on any atom is 0.278 e. The number of benzene rings is 1. The molecule has 0 radical (unpaired) electrons. The van der Waals surface area contributed by atoms with Crippen molar-refractivity contribution in [3.63, 3.8) is 0 Å². The first-order chi connectivity index (χ1) is 10.7. The number of nitrogens with one attached hydrogen (secondary N) is 2. The van der Waals surface area contributed by atoms with Gasteiger partial charge in [-0.15, -0.1) is 5.10 Å². The Hall–Kier alpha value is -2.21. The molecule has 1 amide bonds. The molecule has 1 aliphatic heterocycles. The second-order valence-electron chi connectivity index (χ2n) is 5.72. The number of carbonyl (C=O) groups excluding carboxylic acids is 1. The van der Waals surface area contributed by atoms with E-state index in [1.807, 2.05) is 42.8 Å². The lowest BCUT2D eigenvalue weighted by molar-refractivity contribution is 0.102. The highest BCUT2D eigenvalue weighted by molar-refractivity contribution is 6.03. The predicted molar refractivity (Wildman–Crippen MR) is 85.0 cm³/mol. The summed E-state index contributed by atoms with van der Waals surface area (Å²) in [6.45, 7) is 5.84.